The maximum absolute atomic E-state index is 12.9. The molecule has 5 heteroatoms. The highest BCUT2D eigenvalue weighted by Crippen LogP contribution is 2.29. The molecule has 0 aliphatic carbocycles. The lowest BCUT2D eigenvalue weighted by atomic mass is 9.89. The van der Waals surface area contributed by atoms with Gasteiger partial charge in [-0.2, -0.15) is 0 Å². The van der Waals surface area contributed by atoms with E-state index < -0.39 is 11.7 Å². The van der Waals surface area contributed by atoms with E-state index in [1.165, 1.54) is 5.56 Å². The Hall–Kier alpha value is -3.34. The van der Waals surface area contributed by atoms with Gasteiger partial charge < -0.3 is 15.6 Å². The molecule has 148 valence electrons. The summed E-state index contributed by atoms with van der Waals surface area (Å²) >= 11 is 0. The molecule has 0 bridgehead atoms. The van der Waals surface area contributed by atoms with E-state index in [-0.39, 0.29) is 0 Å². The maximum atomic E-state index is 12.9. The van der Waals surface area contributed by atoms with Gasteiger partial charge in [0, 0.05) is 35.7 Å². The van der Waals surface area contributed by atoms with Gasteiger partial charge in [-0.3, -0.25) is 9.59 Å². The third-order valence-corrected chi connectivity index (χ3v) is 5.70. The standard InChI is InChI=1S/C24H25N3O2/c1-16-21(15-22(26-16)18-6-3-2-4-7-18)23(28)24(29)27-12-10-17(11-13-27)19-8-5-9-20(25)14-19/h2-9,14-15,17,26H,10-13,25H2,1H3. The van der Waals surface area contributed by atoms with Crippen LogP contribution in [0.3, 0.4) is 0 Å². The van der Waals surface area contributed by atoms with Crippen LogP contribution in [0.4, 0.5) is 5.69 Å². The third kappa shape index (κ3) is 3.94. The van der Waals surface area contributed by atoms with Crippen LogP contribution in [-0.2, 0) is 4.79 Å². The van der Waals surface area contributed by atoms with Crippen molar-refractivity contribution in [3.05, 3.63) is 77.5 Å². The predicted octanol–water partition coefficient (Wildman–Crippen LogP) is 4.16. The topological polar surface area (TPSA) is 79.2 Å². The summed E-state index contributed by atoms with van der Waals surface area (Å²) in [6.07, 6.45) is 1.67. The number of amides is 1. The normalized spacial score (nSPS) is 14.7. The fourth-order valence-electron chi connectivity index (χ4n) is 4.05. The van der Waals surface area contributed by atoms with Crippen LogP contribution in [0.25, 0.3) is 11.3 Å². The smallest absolute Gasteiger partial charge is 0.295 e. The molecule has 1 amide bonds. The Morgan fingerprint density at radius 3 is 2.41 bits per heavy atom. The number of aromatic amines is 1. The van der Waals surface area contributed by atoms with Gasteiger partial charge in [0.05, 0.1) is 0 Å². The fourth-order valence-corrected chi connectivity index (χ4v) is 4.05. The SMILES string of the molecule is Cc1[nH]c(-c2ccccc2)cc1C(=O)C(=O)N1CCC(c2cccc(N)c2)CC1. The zero-order valence-electron chi connectivity index (χ0n) is 16.5. The van der Waals surface area contributed by atoms with Crippen molar-refractivity contribution >= 4 is 17.4 Å². The molecule has 1 aromatic heterocycles. The molecule has 0 radical (unpaired) electrons. The molecule has 0 unspecified atom stereocenters. The van der Waals surface area contributed by atoms with Crippen LogP contribution in [0.5, 0.6) is 0 Å². The number of anilines is 1. The number of nitrogen functional groups attached to an aromatic ring is 1. The number of carbonyl (C=O) groups is 2. The largest absolute Gasteiger partial charge is 0.399 e. The van der Waals surface area contributed by atoms with E-state index in [0.29, 0.717) is 24.6 Å². The number of likely N-dealkylation sites (tertiary alicyclic amines) is 1. The molecule has 1 aliphatic rings. The Balaban J connectivity index is 1.44. The van der Waals surface area contributed by atoms with Crippen molar-refractivity contribution in [2.75, 3.05) is 18.8 Å². The molecular formula is C24H25N3O2. The summed E-state index contributed by atoms with van der Waals surface area (Å²) < 4.78 is 0. The summed E-state index contributed by atoms with van der Waals surface area (Å²) in [4.78, 5) is 30.6. The Kier molecular flexibility index (Phi) is 5.21. The van der Waals surface area contributed by atoms with Crippen LogP contribution >= 0.6 is 0 Å². The third-order valence-electron chi connectivity index (χ3n) is 5.70. The van der Waals surface area contributed by atoms with Crippen molar-refractivity contribution in [3.63, 3.8) is 0 Å². The molecule has 2 aromatic carbocycles. The molecule has 5 nitrogen and oxygen atoms in total. The number of hydrogen-bond donors (Lipinski definition) is 2. The number of ketones is 1. The zero-order valence-corrected chi connectivity index (χ0v) is 16.5. The monoisotopic (exact) mass is 387 g/mol. The number of piperidine rings is 1. The molecule has 1 aliphatic heterocycles. The van der Waals surface area contributed by atoms with Crippen molar-refractivity contribution < 1.29 is 9.59 Å². The van der Waals surface area contributed by atoms with E-state index in [4.69, 9.17) is 5.73 Å². The van der Waals surface area contributed by atoms with E-state index in [9.17, 15) is 9.59 Å². The summed E-state index contributed by atoms with van der Waals surface area (Å²) in [5.41, 5.74) is 10.9. The summed E-state index contributed by atoms with van der Waals surface area (Å²) in [5.74, 6) is -0.489. The van der Waals surface area contributed by atoms with Gasteiger partial charge in [-0.15, -0.1) is 0 Å². The second-order valence-corrected chi connectivity index (χ2v) is 7.65. The lowest BCUT2D eigenvalue weighted by Crippen LogP contribution is -2.41. The van der Waals surface area contributed by atoms with Gasteiger partial charge in [0.2, 0.25) is 0 Å². The highest BCUT2D eigenvalue weighted by Gasteiger charge is 2.29. The maximum Gasteiger partial charge on any atom is 0.295 e. The van der Waals surface area contributed by atoms with Crippen LogP contribution in [0, 0.1) is 6.92 Å². The molecule has 0 saturated carbocycles. The Morgan fingerprint density at radius 2 is 1.72 bits per heavy atom. The summed E-state index contributed by atoms with van der Waals surface area (Å²) in [6, 6.07) is 19.5. The predicted molar refractivity (Wildman–Crippen MR) is 115 cm³/mol. The number of nitrogens with one attached hydrogen (secondary N) is 1. The molecule has 0 atom stereocenters. The number of H-pyrrole nitrogens is 1. The molecular weight excluding hydrogens is 362 g/mol. The zero-order chi connectivity index (χ0) is 20.4. The molecule has 0 spiro atoms. The number of nitrogens with two attached hydrogens (primary N) is 1. The number of aryl methyl sites for hydroxylation is 1. The van der Waals surface area contributed by atoms with Gasteiger partial charge in [-0.1, -0.05) is 42.5 Å². The van der Waals surface area contributed by atoms with E-state index in [2.05, 4.69) is 11.1 Å². The van der Waals surface area contributed by atoms with Crippen LogP contribution in [0.1, 0.15) is 40.4 Å². The molecule has 4 rings (SSSR count). The lowest BCUT2D eigenvalue weighted by Gasteiger charge is -2.31. The first-order chi connectivity index (χ1) is 14.0. The summed E-state index contributed by atoms with van der Waals surface area (Å²) in [5, 5.41) is 0. The van der Waals surface area contributed by atoms with Gasteiger partial charge in [0.25, 0.3) is 11.7 Å². The van der Waals surface area contributed by atoms with Crippen molar-refractivity contribution in [2.45, 2.75) is 25.7 Å². The molecule has 3 N–H and O–H groups in total. The number of Topliss-reactive ketones (excluding diaryl/α,β-unsaturated/α-hetero) is 1. The van der Waals surface area contributed by atoms with Crippen LogP contribution in [0.15, 0.2) is 60.7 Å². The van der Waals surface area contributed by atoms with Crippen molar-refractivity contribution in [1.82, 2.24) is 9.88 Å². The van der Waals surface area contributed by atoms with E-state index in [0.717, 1.165) is 35.5 Å². The first-order valence-corrected chi connectivity index (χ1v) is 9.97. The molecule has 1 fully saturated rings. The minimum Gasteiger partial charge on any atom is -0.399 e. The van der Waals surface area contributed by atoms with Crippen LogP contribution in [-0.4, -0.2) is 34.7 Å². The molecule has 2 heterocycles. The van der Waals surface area contributed by atoms with Gasteiger partial charge in [-0.05, 0) is 55.0 Å². The Morgan fingerprint density at radius 1 is 1.00 bits per heavy atom. The second kappa shape index (κ2) is 7.95. The minimum atomic E-state index is -0.441. The molecule has 1 saturated heterocycles. The number of carbonyl (C=O) groups excluding carboxylic acids is 2. The van der Waals surface area contributed by atoms with Crippen LogP contribution < -0.4 is 5.73 Å². The van der Waals surface area contributed by atoms with Gasteiger partial charge in [-0.25, -0.2) is 0 Å². The van der Waals surface area contributed by atoms with Gasteiger partial charge in [0.15, 0.2) is 0 Å². The number of benzene rings is 2. The quantitative estimate of drug-likeness (QED) is 0.401. The fraction of sp³-hybridized carbons (Fsp3) is 0.250. The minimum absolute atomic E-state index is 0.372. The highest BCUT2D eigenvalue weighted by atomic mass is 16.2. The Labute approximate surface area is 170 Å². The summed E-state index contributed by atoms with van der Waals surface area (Å²) in [6.45, 7) is 3.00. The number of aromatic nitrogens is 1. The first kappa shape index (κ1) is 19.0. The van der Waals surface area contributed by atoms with Gasteiger partial charge in [0.1, 0.15) is 0 Å². The van der Waals surface area contributed by atoms with Crippen molar-refractivity contribution in [1.29, 1.82) is 0 Å². The van der Waals surface area contributed by atoms with E-state index >= 15 is 0 Å². The number of rotatable bonds is 4. The van der Waals surface area contributed by atoms with Gasteiger partial charge >= 0.3 is 0 Å². The van der Waals surface area contributed by atoms with Crippen molar-refractivity contribution in [2.24, 2.45) is 0 Å². The first-order valence-electron chi connectivity index (χ1n) is 9.97. The average molecular weight is 387 g/mol. The number of nitrogens with zero attached hydrogens (tertiary/aromatic N) is 1. The number of hydrogen-bond acceptors (Lipinski definition) is 3. The van der Waals surface area contributed by atoms with Crippen molar-refractivity contribution in [3.8, 4) is 11.3 Å². The average Bonchev–Trinajstić information content (AvgIpc) is 3.15. The summed E-state index contributed by atoms with van der Waals surface area (Å²) in [7, 11) is 0. The lowest BCUT2D eigenvalue weighted by molar-refractivity contribution is -0.127. The molecule has 3 aromatic rings. The van der Waals surface area contributed by atoms with E-state index in [1.54, 1.807) is 11.0 Å². The molecule has 29 heavy (non-hydrogen) atoms. The highest BCUT2D eigenvalue weighted by molar-refractivity contribution is 6.43. The Bertz CT molecular complexity index is 1030. The van der Waals surface area contributed by atoms with E-state index in [1.807, 2.05) is 55.5 Å². The van der Waals surface area contributed by atoms with Crippen LogP contribution in [0.2, 0.25) is 0 Å². The second-order valence-electron chi connectivity index (χ2n) is 7.65.